The third kappa shape index (κ3) is 8.63. The Morgan fingerprint density at radius 1 is 1.08 bits per heavy atom. The van der Waals surface area contributed by atoms with E-state index in [1.807, 2.05) is 19.1 Å². The van der Waals surface area contributed by atoms with Gasteiger partial charge in [0.15, 0.2) is 0 Å². The molecule has 1 fully saturated rings. The highest BCUT2D eigenvalue weighted by molar-refractivity contribution is 7.92. The van der Waals surface area contributed by atoms with Crippen LogP contribution in [0.5, 0.6) is 5.75 Å². The molecule has 2 aromatic carbocycles. The first kappa shape index (κ1) is 29.8. The summed E-state index contributed by atoms with van der Waals surface area (Å²) in [6.45, 7) is 4.52. The lowest BCUT2D eigenvalue weighted by atomic mass is 10.1. The molecule has 0 bridgehead atoms. The standard InChI is InChI=1S/C28H38ClN3O5S/c1-4-37-26-17-15-25(16-18-26)32(38(3,35)36)19-7-10-27(33)31(20-22-11-13-23(29)14-12-22)21(2)28(34)30-24-8-5-6-9-24/h11-18,21,24H,4-10,19-20H2,1-3H3,(H,30,34)/t21-/m1/s1. The van der Waals surface area contributed by atoms with Crippen molar-refractivity contribution >= 4 is 39.1 Å². The molecule has 0 aromatic heterocycles. The summed E-state index contributed by atoms with van der Waals surface area (Å²) in [5, 5.41) is 3.68. The Balaban J connectivity index is 1.69. The number of hydrogen-bond donors (Lipinski definition) is 1. The third-order valence-electron chi connectivity index (χ3n) is 6.72. The molecule has 38 heavy (non-hydrogen) atoms. The Hall–Kier alpha value is -2.78. The fourth-order valence-corrected chi connectivity index (χ4v) is 5.73. The van der Waals surface area contributed by atoms with Crippen molar-refractivity contribution in [1.82, 2.24) is 10.2 Å². The second-order valence-corrected chi connectivity index (χ2v) is 12.0. The van der Waals surface area contributed by atoms with Crippen molar-refractivity contribution in [3.05, 3.63) is 59.1 Å². The number of hydrogen-bond acceptors (Lipinski definition) is 5. The molecule has 0 radical (unpaired) electrons. The Kier molecular flexibility index (Phi) is 10.8. The number of carbonyl (C=O) groups excluding carboxylic acids is 2. The van der Waals surface area contributed by atoms with E-state index in [2.05, 4.69) is 5.32 Å². The topological polar surface area (TPSA) is 96.0 Å². The van der Waals surface area contributed by atoms with Crippen molar-refractivity contribution in [2.75, 3.05) is 23.7 Å². The minimum atomic E-state index is -3.57. The van der Waals surface area contributed by atoms with Crippen LogP contribution in [0.2, 0.25) is 5.02 Å². The number of nitrogens with one attached hydrogen (secondary N) is 1. The van der Waals surface area contributed by atoms with E-state index in [0.29, 0.717) is 29.5 Å². The van der Waals surface area contributed by atoms with Crippen molar-refractivity contribution in [1.29, 1.82) is 0 Å². The number of nitrogens with zero attached hydrogens (tertiary/aromatic N) is 2. The summed E-state index contributed by atoms with van der Waals surface area (Å²) in [7, 11) is -3.57. The molecule has 1 aliphatic rings. The predicted molar refractivity (Wildman–Crippen MR) is 151 cm³/mol. The number of rotatable bonds is 13. The quantitative estimate of drug-likeness (QED) is 0.379. The van der Waals surface area contributed by atoms with Crippen LogP contribution in [-0.4, -0.2) is 56.6 Å². The molecule has 0 spiro atoms. The van der Waals surface area contributed by atoms with Crippen LogP contribution < -0.4 is 14.4 Å². The van der Waals surface area contributed by atoms with Gasteiger partial charge in [0.1, 0.15) is 11.8 Å². The number of anilines is 1. The zero-order valence-corrected chi connectivity index (χ0v) is 23.9. The normalized spacial score (nSPS) is 14.6. The lowest BCUT2D eigenvalue weighted by molar-refractivity contribution is -0.141. The van der Waals surface area contributed by atoms with Crippen molar-refractivity contribution < 1.29 is 22.7 Å². The third-order valence-corrected chi connectivity index (χ3v) is 8.17. The van der Waals surface area contributed by atoms with E-state index in [1.165, 1.54) is 4.31 Å². The van der Waals surface area contributed by atoms with Crippen LogP contribution in [0.4, 0.5) is 5.69 Å². The molecule has 1 saturated carbocycles. The van der Waals surface area contributed by atoms with Crippen LogP contribution in [-0.2, 0) is 26.2 Å². The van der Waals surface area contributed by atoms with Gasteiger partial charge in [-0.15, -0.1) is 0 Å². The number of amides is 2. The smallest absolute Gasteiger partial charge is 0.242 e. The van der Waals surface area contributed by atoms with Gasteiger partial charge < -0.3 is 15.0 Å². The molecule has 10 heteroatoms. The molecule has 8 nitrogen and oxygen atoms in total. The first-order valence-electron chi connectivity index (χ1n) is 13.1. The van der Waals surface area contributed by atoms with Gasteiger partial charge in [-0.05, 0) is 75.1 Å². The van der Waals surface area contributed by atoms with Gasteiger partial charge in [0.2, 0.25) is 21.8 Å². The van der Waals surface area contributed by atoms with E-state index in [1.54, 1.807) is 48.2 Å². The Morgan fingerprint density at radius 2 is 1.71 bits per heavy atom. The zero-order chi connectivity index (χ0) is 27.7. The number of benzene rings is 2. The van der Waals surface area contributed by atoms with Crippen LogP contribution in [0.15, 0.2) is 48.5 Å². The van der Waals surface area contributed by atoms with Crippen molar-refractivity contribution in [2.24, 2.45) is 0 Å². The van der Waals surface area contributed by atoms with Crippen LogP contribution in [0.3, 0.4) is 0 Å². The van der Waals surface area contributed by atoms with Gasteiger partial charge >= 0.3 is 0 Å². The first-order valence-corrected chi connectivity index (χ1v) is 15.4. The van der Waals surface area contributed by atoms with Crippen LogP contribution >= 0.6 is 11.6 Å². The van der Waals surface area contributed by atoms with Gasteiger partial charge in [-0.3, -0.25) is 13.9 Å². The van der Waals surface area contributed by atoms with Gasteiger partial charge in [-0.25, -0.2) is 8.42 Å². The first-order chi connectivity index (χ1) is 18.1. The monoisotopic (exact) mass is 563 g/mol. The van der Waals surface area contributed by atoms with Crippen LogP contribution in [0, 0.1) is 0 Å². The molecule has 3 rings (SSSR count). The molecule has 0 heterocycles. The van der Waals surface area contributed by atoms with E-state index in [0.717, 1.165) is 37.5 Å². The maximum Gasteiger partial charge on any atom is 0.242 e. The molecule has 2 amide bonds. The average molecular weight is 564 g/mol. The highest BCUT2D eigenvalue weighted by Crippen LogP contribution is 2.23. The number of halogens is 1. The maximum atomic E-state index is 13.4. The largest absolute Gasteiger partial charge is 0.494 e. The van der Waals surface area contributed by atoms with E-state index in [-0.39, 0.29) is 37.4 Å². The van der Waals surface area contributed by atoms with E-state index < -0.39 is 16.1 Å². The maximum absolute atomic E-state index is 13.4. The zero-order valence-electron chi connectivity index (χ0n) is 22.4. The molecule has 2 aromatic rings. The lowest BCUT2D eigenvalue weighted by Crippen LogP contribution is -2.49. The molecule has 208 valence electrons. The predicted octanol–water partition coefficient (Wildman–Crippen LogP) is 4.76. The fraction of sp³-hybridized carbons (Fsp3) is 0.500. The van der Waals surface area contributed by atoms with Gasteiger partial charge in [0, 0.05) is 30.6 Å². The second kappa shape index (κ2) is 13.8. The van der Waals surface area contributed by atoms with Crippen molar-refractivity contribution in [2.45, 2.75) is 71.0 Å². The van der Waals surface area contributed by atoms with Crippen LogP contribution in [0.25, 0.3) is 0 Å². The Morgan fingerprint density at radius 3 is 2.29 bits per heavy atom. The highest BCUT2D eigenvalue weighted by atomic mass is 35.5. The molecule has 1 N–H and O–H groups in total. The summed E-state index contributed by atoms with van der Waals surface area (Å²) in [6.07, 6.45) is 5.64. The Bertz CT molecular complexity index is 1170. The molecule has 0 unspecified atom stereocenters. The SMILES string of the molecule is CCOc1ccc(N(CCCC(=O)N(Cc2ccc(Cl)cc2)[C@H](C)C(=O)NC2CCCC2)S(C)(=O)=O)cc1. The van der Waals surface area contributed by atoms with E-state index >= 15 is 0 Å². The summed E-state index contributed by atoms with van der Waals surface area (Å²) < 4.78 is 31.8. The molecule has 1 atom stereocenters. The molecular formula is C28H38ClN3O5S. The number of sulfonamides is 1. The summed E-state index contributed by atoms with van der Waals surface area (Å²) in [5.74, 6) is 0.267. The van der Waals surface area contributed by atoms with Crippen LogP contribution in [0.1, 0.15) is 57.9 Å². The van der Waals surface area contributed by atoms with E-state index in [9.17, 15) is 18.0 Å². The summed E-state index contributed by atoms with van der Waals surface area (Å²) in [5.41, 5.74) is 1.36. The van der Waals surface area contributed by atoms with Crippen molar-refractivity contribution in [3.8, 4) is 5.75 Å². The van der Waals surface area contributed by atoms with Gasteiger partial charge in [0.25, 0.3) is 0 Å². The van der Waals surface area contributed by atoms with E-state index in [4.69, 9.17) is 16.3 Å². The lowest BCUT2D eigenvalue weighted by Gasteiger charge is -2.30. The second-order valence-electron chi connectivity index (χ2n) is 9.68. The molecule has 0 saturated heterocycles. The van der Waals surface area contributed by atoms with Gasteiger partial charge in [-0.2, -0.15) is 0 Å². The Labute approximate surface area is 231 Å². The molecule has 1 aliphatic carbocycles. The van der Waals surface area contributed by atoms with Gasteiger partial charge in [-0.1, -0.05) is 36.6 Å². The fourth-order valence-electron chi connectivity index (χ4n) is 4.64. The highest BCUT2D eigenvalue weighted by Gasteiger charge is 2.28. The summed E-state index contributed by atoms with van der Waals surface area (Å²) in [4.78, 5) is 28.0. The average Bonchev–Trinajstić information content (AvgIpc) is 3.39. The number of carbonyl (C=O) groups is 2. The summed E-state index contributed by atoms with van der Waals surface area (Å²) in [6, 6.07) is 13.5. The molecular weight excluding hydrogens is 526 g/mol. The molecule has 0 aliphatic heterocycles. The minimum absolute atomic E-state index is 0.0949. The minimum Gasteiger partial charge on any atom is -0.494 e. The van der Waals surface area contributed by atoms with Gasteiger partial charge in [0.05, 0.1) is 18.6 Å². The summed E-state index contributed by atoms with van der Waals surface area (Å²) >= 11 is 6.02. The van der Waals surface area contributed by atoms with Crippen molar-refractivity contribution in [3.63, 3.8) is 0 Å². The number of ether oxygens (including phenoxy) is 1.